The summed E-state index contributed by atoms with van der Waals surface area (Å²) < 4.78 is 26.9. The number of benzene rings is 1. The molecule has 0 radical (unpaired) electrons. The van der Waals surface area contributed by atoms with E-state index < -0.39 is 10.0 Å². The molecule has 2 N–H and O–H groups in total. The summed E-state index contributed by atoms with van der Waals surface area (Å²) in [5, 5.41) is 0. The average molecular weight is 266 g/mol. The molecule has 0 heterocycles. The Morgan fingerprint density at radius 3 is 2.22 bits per heavy atom. The van der Waals surface area contributed by atoms with Crippen LogP contribution in [0.25, 0.3) is 0 Å². The maximum Gasteiger partial charge on any atom is 0.243 e. The largest absolute Gasteiger partial charge is 0.399 e. The van der Waals surface area contributed by atoms with E-state index in [9.17, 15) is 8.42 Å². The minimum Gasteiger partial charge on any atom is -0.399 e. The van der Waals surface area contributed by atoms with Crippen LogP contribution in [0.2, 0.25) is 0 Å². The first-order valence-corrected chi connectivity index (χ1v) is 7.89. The summed E-state index contributed by atoms with van der Waals surface area (Å²) >= 11 is 0. The minimum atomic E-state index is -3.33. The first kappa shape index (κ1) is 12.0. The summed E-state index contributed by atoms with van der Waals surface area (Å²) in [5.41, 5.74) is 6.19. The van der Waals surface area contributed by atoms with Gasteiger partial charge in [0.25, 0.3) is 0 Å². The average Bonchev–Trinajstić information content (AvgIpc) is 3.19. The van der Waals surface area contributed by atoms with Crippen molar-refractivity contribution in [2.24, 2.45) is 5.92 Å². The Kier molecular flexibility index (Phi) is 2.83. The zero-order valence-electron chi connectivity index (χ0n) is 10.2. The Labute approximate surface area is 108 Å². The summed E-state index contributed by atoms with van der Waals surface area (Å²) in [6.07, 6.45) is 4.34. The molecule has 0 saturated heterocycles. The number of sulfonamides is 1. The van der Waals surface area contributed by atoms with Crippen molar-refractivity contribution in [3.05, 3.63) is 24.3 Å². The zero-order valence-corrected chi connectivity index (χ0v) is 11.1. The van der Waals surface area contributed by atoms with E-state index in [-0.39, 0.29) is 6.04 Å². The SMILES string of the molecule is Nc1ccc(S(=O)(=O)N(CC2CC2)C2CC2)cc1. The van der Waals surface area contributed by atoms with Crippen LogP contribution < -0.4 is 5.73 Å². The lowest BCUT2D eigenvalue weighted by atomic mass is 10.3. The molecule has 98 valence electrons. The van der Waals surface area contributed by atoms with E-state index in [1.165, 1.54) is 12.8 Å². The van der Waals surface area contributed by atoms with Gasteiger partial charge in [-0.3, -0.25) is 0 Å². The first-order valence-electron chi connectivity index (χ1n) is 6.45. The first-order chi connectivity index (χ1) is 8.57. The summed E-state index contributed by atoms with van der Waals surface area (Å²) in [6.45, 7) is 0.692. The van der Waals surface area contributed by atoms with Gasteiger partial charge in [0.2, 0.25) is 10.0 Å². The highest BCUT2D eigenvalue weighted by atomic mass is 32.2. The molecule has 18 heavy (non-hydrogen) atoms. The summed E-state index contributed by atoms with van der Waals surface area (Å²) in [5.74, 6) is 0.578. The quantitative estimate of drug-likeness (QED) is 0.827. The molecule has 1 aromatic rings. The summed E-state index contributed by atoms with van der Waals surface area (Å²) in [4.78, 5) is 0.365. The second-order valence-corrected chi connectivity index (χ2v) is 7.21. The van der Waals surface area contributed by atoms with Gasteiger partial charge in [0, 0.05) is 18.3 Å². The van der Waals surface area contributed by atoms with Crippen LogP contribution in [-0.4, -0.2) is 25.3 Å². The molecule has 0 aromatic heterocycles. The lowest BCUT2D eigenvalue weighted by molar-refractivity contribution is 0.389. The van der Waals surface area contributed by atoms with Gasteiger partial charge in [-0.2, -0.15) is 4.31 Å². The fraction of sp³-hybridized carbons (Fsp3) is 0.538. The molecule has 0 atom stereocenters. The lowest BCUT2D eigenvalue weighted by Gasteiger charge is -2.21. The van der Waals surface area contributed by atoms with Crippen molar-refractivity contribution in [1.82, 2.24) is 4.31 Å². The highest BCUT2D eigenvalue weighted by Crippen LogP contribution is 2.38. The molecule has 0 amide bonds. The van der Waals surface area contributed by atoms with Gasteiger partial charge in [0.15, 0.2) is 0 Å². The highest BCUT2D eigenvalue weighted by Gasteiger charge is 2.40. The normalized spacial score (nSPS) is 20.3. The van der Waals surface area contributed by atoms with E-state index in [2.05, 4.69) is 0 Å². The number of nitrogens with two attached hydrogens (primary N) is 1. The molecule has 0 bridgehead atoms. The third-order valence-corrected chi connectivity index (χ3v) is 5.51. The van der Waals surface area contributed by atoms with Crippen molar-refractivity contribution in [1.29, 1.82) is 0 Å². The van der Waals surface area contributed by atoms with Crippen LogP contribution in [0, 0.1) is 5.92 Å². The summed E-state index contributed by atoms with van der Waals surface area (Å²) in [6, 6.07) is 6.73. The second kappa shape index (κ2) is 4.24. The van der Waals surface area contributed by atoms with Crippen LogP contribution in [0.5, 0.6) is 0 Å². The van der Waals surface area contributed by atoms with E-state index >= 15 is 0 Å². The Morgan fingerprint density at radius 2 is 1.72 bits per heavy atom. The molecule has 0 aliphatic heterocycles. The van der Waals surface area contributed by atoms with E-state index in [0.717, 1.165) is 12.8 Å². The van der Waals surface area contributed by atoms with Crippen molar-refractivity contribution < 1.29 is 8.42 Å². The van der Waals surface area contributed by atoms with Crippen LogP contribution in [0.4, 0.5) is 5.69 Å². The number of hydrogen-bond acceptors (Lipinski definition) is 3. The molecular weight excluding hydrogens is 248 g/mol. The molecule has 0 unspecified atom stereocenters. The fourth-order valence-electron chi connectivity index (χ4n) is 2.14. The van der Waals surface area contributed by atoms with Crippen LogP contribution in [-0.2, 0) is 10.0 Å². The van der Waals surface area contributed by atoms with Gasteiger partial charge in [-0.1, -0.05) is 0 Å². The smallest absolute Gasteiger partial charge is 0.243 e. The zero-order chi connectivity index (χ0) is 12.8. The predicted octanol–water partition coefficient (Wildman–Crippen LogP) is 1.83. The third-order valence-electron chi connectivity index (χ3n) is 3.58. The number of nitrogen functional groups attached to an aromatic ring is 1. The van der Waals surface area contributed by atoms with Crippen LogP contribution in [0.1, 0.15) is 25.7 Å². The molecule has 2 fully saturated rings. The van der Waals surface area contributed by atoms with Crippen LogP contribution in [0.3, 0.4) is 0 Å². The van der Waals surface area contributed by atoms with Gasteiger partial charge in [-0.25, -0.2) is 8.42 Å². The molecular formula is C13H18N2O2S. The van der Waals surface area contributed by atoms with E-state index in [1.807, 2.05) is 0 Å². The van der Waals surface area contributed by atoms with Crippen molar-refractivity contribution in [3.63, 3.8) is 0 Å². The van der Waals surface area contributed by atoms with E-state index in [0.29, 0.717) is 23.0 Å². The highest BCUT2D eigenvalue weighted by molar-refractivity contribution is 7.89. The Balaban J connectivity index is 1.88. The fourth-order valence-corrected chi connectivity index (χ4v) is 3.90. The molecule has 1 aromatic carbocycles. The van der Waals surface area contributed by atoms with Crippen molar-refractivity contribution in [3.8, 4) is 0 Å². The minimum absolute atomic E-state index is 0.230. The van der Waals surface area contributed by atoms with Crippen LogP contribution in [0.15, 0.2) is 29.2 Å². The molecule has 2 saturated carbocycles. The van der Waals surface area contributed by atoms with Gasteiger partial charge < -0.3 is 5.73 Å². The monoisotopic (exact) mass is 266 g/mol. The molecule has 2 aliphatic rings. The number of anilines is 1. The Morgan fingerprint density at radius 1 is 1.11 bits per heavy atom. The number of nitrogens with zero attached hydrogens (tertiary/aromatic N) is 1. The van der Waals surface area contributed by atoms with Gasteiger partial charge in [0.05, 0.1) is 4.90 Å². The molecule has 5 heteroatoms. The van der Waals surface area contributed by atoms with Crippen molar-refractivity contribution in [2.75, 3.05) is 12.3 Å². The van der Waals surface area contributed by atoms with Gasteiger partial charge in [0.1, 0.15) is 0 Å². The summed E-state index contributed by atoms with van der Waals surface area (Å²) in [7, 11) is -3.33. The molecule has 0 spiro atoms. The topological polar surface area (TPSA) is 63.4 Å². The maximum atomic E-state index is 12.6. The molecule has 2 aliphatic carbocycles. The second-order valence-electron chi connectivity index (χ2n) is 5.32. The number of hydrogen-bond donors (Lipinski definition) is 1. The van der Waals surface area contributed by atoms with Gasteiger partial charge >= 0.3 is 0 Å². The Hall–Kier alpha value is -1.07. The third kappa shape index (κ3) is 2.37. The van der Waals surface area contributed by atoms with Crippen molar-refractivity contribution >= 4 is 15.7 Å². The van der Waals surface area contributed by atoms with Gasteiger partial charge in [-0.15, -0.1) is 0 Å². The Bertz CT molecular complexity index is 531. The number of rotatable bonds is 5. The van der Waals surface area contributed by atoms with E-state index in [4.69, 9.17) is 5.73 Å². The van der Waals surface area contributed by atoms with Gasteiger partial charge in [-0.05, 0) is 55.9 Å². The van der Waals surface area contributed by atoms with Crippen LogP contribution >= 0.6 is 0 Å². The lowest BCUT2D eigenvalue weighted by Crippen LogP contribution is -2.34. The van der Waals surface area contributed by atoms with E-state index in [1.54, 1.807) is 28.6 Å². The molecule has 4 nitrogen and oxygen atoms in total. The van der Waals surface area contributed by atoms with Crippen molar-refractivity contribution in [2.45, 2.75) is 36.6 Å². The predicted molar refractivity (Wildman–Crippen MR) is 70.5 cm³/mol. The molecule has 3 rings (SSSR count). The standard InChI is InChI=1S/C13H18N2O2S/c14-11-3-7-13(8-4-11)18(16,17)15(12-5-6-12)9-10-1-2-10/h3-4,7-8,10,12H,1-2,5-6,9,14H2. The maximum absolute atomic E-state index is 12.6.